The molecule has 0 amide bonds. The van der Waals surface area contributed by atoms with E-state index in [-0.39, 0.29) is 20.2 Å². The average Bonchev–Trinajstić information content (AvgIpc) is 2.64. The van der Waals surface area contributed by atoms with E-state index in [0.29, 0.717) is 36.1 Å². The van der Waals surface area contributed by atoms with E-state index < -0.39 is 0 Å². The molecular weight excluding hydrogens is 323 g/mol. The third-order valence-electron chi connectivity index (χ3n) is 3.93. The Labute approximate surface area is 144 Å². The molecule has 0 fully saturated rings. The smallest absolute Gasteiger partial charge is 0.177 e. The van der Waals surface area contributed by atoms with E-state index in [2.05, 4.69) is 0 Å². The van der Waals surface area contributed by atoms with Gasteiger partial charge in [0.1, 0.15) is 17.1 Å². The van der Waals surface area contributed by atoms with Crippen molar-refractivity contribution in [2.75, 3.05) is 20.4 Å². The highest BCUT2D eigenvalue weighted by Gasteiger charge is 2.27. The number of ether oxygens (including phenoxy) is 2. The van der Waals surface area contributed by atoms with E-state index in [1.807, 2.05) is 30.3 Å². The topological polar surface area (TPSA) is 52.6 Å². The van der Waals surface area contributed by atoms with E-state index in [1.165, 1.54) is 0 Å². The van der Waals surface area contributed by atoms with Crippen molar-refractivity contribution in [1.82, 2.24) is 0 Å². The Morgan fingerprint density at radius 2 is 1.62 bits per heavy atom. The van der Waals surface area contributed by atoms with E-state index >= 15 is 0 Å². The van der Waals surface area contributed by atoms with E-state index in [1.54, 1.807) is 32.4 Å². The van der Waals surface area contributed by atoms with Crippen molar-refractivity contribution in [2.24, 2.45) is 0 Å². The van der Waals surface area contributed by atoms with Gasteiger partial charge in [0, 0.05) is 12.1 Å². The summed E-state index contributed by atoms with van der Waals surface area (Å²) in [6.07, 6.45) is 1.87. The zero-order chi connectivity index (χ0) is 17.4. The minimum atomic E-state index is -0.321. The Bertz CT molecular complexity index is 663. The second-order valence-corrected chi connectivity index (χ2v) is 6.07. The van der Waals surface area contributed by atoms with Gasteiger partial charge in [-0.2, -0.15) is 0 Å². The summed E-state index contributed by atoms with van der Waals surface area (Å²) in [4.78, 5) is 13.3. The van der Waals surface area contributed by atoms with Gasteiger partial charge in [-0.05, 0) is 30.5 Å². The number of methoxy groups -OCH3 is 2. The fourth-order valence-corrected chi connectivity index (χ4v) is 3.07. The summed E-state index contributed by atoms with van der Waals surface area (Å²) in [5, 5.41) is 0. The van der Waals surface area contributed by atoms with Crippen LogP contribution in [-0.2, 0) is 4.57 Å². The molecule has 0 aromatic heterocycles. The molecule has 0 aliphatic heterocycles. The number of rotatable bonds is 9. The van der Waals surface area contributed by atoms with Crippen LogP contribution in [-0.4, -0.2) is 26.2 Å². The quantitative estimate of drug-likeness (QED) is 0.374. The van der Waals surface area contributed by atoms with E-state index in [9.17, 15) is 9.36 Å². The van der Waals surface area contributed by atoms with Gasteiger partial charge in [0.15, 0.2) is 14.2 Å². The molecule has 1 atom stereocenters. The van der Waals surface area contributed by atoms with Gasteiger partial charge in [0.05, 0.1) is 14.2 Å². The number of ketones is 1. The summed E-state index contributed by atoms with van der Waals surface area (Å²) in [6, 6.07) is 15.0. The fraction of sp³-hybridized carbons (Fsp3) is 0.316. The Morgan fingerprint density at radius 3 is 2.17 bits per heavy atom. The van der Waals surface area contributed by atoms with Gasteiger partial charge in [-0.15, -0.1) is 0 Å². The zero-order valence-corrected chi connectivity index (χ0v) is 14.8. The number of benzene rings is 2. The van der Waals surface area contributed by atoms with Crippen LogP contribution in [0.2, 0.25) is 0 Å². The predicted molar refractivity (Wildman–Crippen MR) is 94.8 cm³/mol. The third kappa shape index (κ3) is 4.21. The molecule has 2 aromatic carbocycles. The van der Waals surface area contributed by atoms with Crippen LogP contribution < -0.4 is 9.47 Å². The number of carbonyl (C=O) groups excluding carboxylic acids is 1. The summed E-state index contributed by atoms with van der Waals surface area (Å²) >= 11 is 0. The van der Waals surface area contributed by atoms with Crippen molar-refractivity contribution < 1.29 is 18.8 Å². The molecule has 2 rings (SSSR count). The minimum absolute atomic E-state index is 0.0435. The van der Waals surface area contributed by atoms with E-state index in [4.69, 9.17) is 9.47 Å². The first-order chi connectivity index (χ1) is 11.7. The van der Waals surface area contributed by atoms with Crippen LogP contribution in [0.15, 0.2) is 48.5 Å². The van der Waals surface area contributed by atoms with Crippen LogP contribution in [0.5, 0.6) is 11.5 Å². The Balaban J connectivity index is 2.43. The molecule has 0 spiro atoms. The maximum absolute atomic E-state index is 13.3. The molecule has 0 bridgehead atoms. The van der Waals surface area contributed by atoms with Gasteiger partial charge >= 0.3 is 0 Å². The highest BCUT2D eigenvalue weighted by atomic mass is 31.1. The van der Waals surface area contributed by atoms with Crippen LogP contribution in [0, 0.1) is 0 Å². The van der Waals surface area contributed by atoms with Crippen molar-refractivity contribution in [3.05, 3.63) is 59.7 Å². The largest absolute Gasteiger partial charge is 0.496 e. The number of hydrogen-bond donors (Lipinski definition) is 0. The van der Waals surface area contributed by atoms with Gasteiger partial charge in [-0.3, -0.25) is 9.36 Å². The molecule has 2 aromatic rings. The fourth-order valence-electron chi connectivity index (χ4n) is 2.76. The lowest BCUT2D eigenvalue weighted by Gasteiger charge is -2.19. The molecule has 126 valence electrons. The molecule has 0 heterocycles. The highest BCUT2D eigenvalue weighted by molar-refractivity contribution is 7.23. The summed E-state index contributed by atoms with van der Waals surface area (Å²) in [6.45, 7) is 0. The molecule has 5 heteroatoms. The summed E-state index contributed by atoms with van der Waals surface area (Å²) in [7, 11) is 3.19. The predicted octanol–water partition coefficient (Wildman–Crippen LogP) is 4.74. The molecule has 0 aliphatic rings. The maximum atomic E-state index is 13.3. The van der Waals surface area contributed by atoms with Crippen molar-refractivity contribution in [2.45, 2.75) is 18.8 Å². The lowest BCUT2D eigenvalue weighted by Crippen LogP contribution is -2.15. The SMILES string of the molecule is COc1cccc(OC)c1C(=O)C(CCCP=O)c1ccccc1. The summed E-state index contributed by atoms with van der Waals surface area (Å²) in [5.41, 5.74) is 1.40. The lowest BCUT2D eigenvalue weighted by atomic mass is 9.86. The van der Waals surface area contributed by atoms with E-state index in [0.717, 1.165) is 5.56 Å². The standard InChI is InChI=1S/C19H21O4P/c1-22-16-11-6-12-17(23-2)18(16)19(20)15(10-7-13-24-21)14-8-4-3-5-9-14/h3-6,8-9,11-12,15H,7,10,13H2,1-2H3. The second-order valence-electron chi connectivity index (χ2n) is 5.36. The molecule has 0 radical (unpaired) electrons. The highest BCUT2D eigenvalue weighted by Crippen LogP contribution is 2.35. The Kier molecular flexibility index (Phi) is 6.95. The van der Waals surface area contributed by atoms with Gasteiger partial charge in [0.25, 0.3) is 0 Å². The monoisotopic (exact) mass is 344 g/mol. The third-order valence-corrected chi connectivity index (χ3v) is 4.43. The summed E-state index contributed by atoms with van der Waals surface area (Å²) < 4.78 is 21.5. The first-order valence-corrected chi connectivity index (χ1v) is 8.82. The molecule has 0 N–H and O–H groups in total. The number of hydrogen-bond acceptors (Lipinski definition) is 4. The number of carbonyl (C=O) groups is 1. The first kappa shape index (κ1) is 18.2. The van der Waals surface area contributed by atoms with Gasteiger partial charge < -0.3 is 9.47 Å². The van der Waals surface area contributed by atoms with Crippen molar-refractivity contribution >= 4 is 14.2 Å². The lowest BCUT2D eigenvalue weighted by molar-refractivity contribution is 0.0948. The molecule has 0 saturated heterocycles. The molecule has 0 saturated carbocycles. The Morgan fingerprint density at radius 1 is 1.00 bits per heavy atom. The maximum Gasteiger partial charge on any atom is 0.177 e. The van der Waals surface area contributed by atoms with Crippen LogP contribution in [0.1, 0.15) is 34.7 Å². The molecule has 0 aliphatic carbocycles. The number of Topliss-reactive ketones (excluding diaryl/α,β-unsaturated/α-hetero) is 1. The van der Waals surface area contributed by atoms with Gasteiger partial charge in [-0.25, -0.2) is 0 Å². The molecule has 1 unspecified atom stereocenters. The minimum Gasteiger partial charge on any atom is -0.496 e. The van der Waals surface area contributed by atoms with Crippen molar-refractivity contribution in [3.8, 4) is 11.5 Å². The van der Waals surface area contributed by atoms with Crippen molar-refractivity contribution in [1.29, 1.82) is 0 Å². The van der Waals surface area contributed by atoms with Gasteiger partial charge in [-0.1, -0.05) is 36.4 Å². The zero-order valence-electron chi connectivity index (χ0n) is 13.9. The van der Waals surface area contributed by atoms with Crippen LogP contribution in [0.4, 0.5) is 0 Å². The first-order valence-electron chi connectivity index (χ1n) is 7.82. The second kappa shape index (κ2) is 9.19. The molecule has 4 nitrogen and oxygen atoms in total. The average molecular weight is 344 g/mol. The van der Waals surface area contributed by atoms with Crippen LogP contribution in [0.3, 0.4) is 0 Å². The molecule has 24 heavy (non-hydrogen) atoms. The van der Waals surface area contributed by atoms with Crippen molar-refractivity contribution in [3.63, 3.8) is 0 Å². The summed E-state index contributed by atoms with van der Waals surface area (Å²) in [5.74, 6) is 0.640. The molecular formula is C19H21O4P. The normalized spacial score (nSPS) is 11.9. The van der Waals surface area contributed by atoms with Gasteiger partial charge in [0.2, 0.25) is 0 Å². The van der Waals surface area contributed by atoms with Crippen LogP contribution in [0.25, 0.3) is 0 Å². The van der Waals surface area contributed by atoms with Crippen LogP contribution >= 0.6 is 8.46 Å². The Hall–Kier alpha value is -2.19.